The van der Waals surface area contributed by atoms with Gasteiger partial charge in [0.1, 0.15) is 0 Å². The van der Waals surface area contributed by atoms with E-state index in [1.807, 2.05) is 54.6 Å². The quantitative estimate of drug-likeness (QED) is 0.344. The highest BCUT2D eigenvalue weighted by atomic mass is 79.9. The summed E-state index contributed by atoms with van der Waals surface area (Å²) in [5.41, 5.74) is 4.37. The molecule has 0 bridgehead atoms. The van der Waals surface area contributed by atoms with Crippen molar-refractivity contribution in [2.45, 2.75) is 24.9 Å². The number of rotatable bonds is 6. The largest absolute Gasteiger partial charge is 0.433 e. The highest BCUT2D eigenvalue weighted by Gasteiger charge is 2.46. The lowest BCUT2D eigenvalue weighted by Gasteiger charge is -2.32. The van der Waals surface area contributed by atoms with E-state index >= 15 is 0 Å². The van der Waals surface area contributed by atoms with Gasteiger partial charge in [-0.25, -0.2) is 4.79 Å². The summed E-state index contributed by atoms with van der Waals surface area (Å²) in [7, 11) is 0. The molecule has 0 fully saturated rings. The molecule has 3 nitrogen and oxygen atoms in total. The van der Waals surface area contributed by atoms with E-state index in [0.29, 0.717) is 0 Å². The number of fused-ring (bicyclic) bond motifs is 3. The Morgan fingerprint density at radius 3 is 2.00 bits per heavy atom. The number of carbonyl (C=O) groups is 1. The number of nitrogens with one attached hydrogen (secondary N) is 1. The van der Waals surface area contributed by atoms with Crippen molar-refractivity contribution in [2.75, 3.05) is 10.6 Å². The second kappa shape index (κ2) is 8.19. The summed E-state index contributed by atoms with van der Waals surface area (Å²) in [6, 6.07) is 25.9. The Bertz CT molecular complexity index is 926. The molecular weight excluding hydrogens is 414 g/mol. The Hall–Kier alpha value is -2.59. The molecule has 0 aromatic heterocycles. The van der Waals surface area contributed by atoms with Crippen molar-refractivity contribution in [3.63, 3.8) is 0 Å². The van der Waals surface area contributed by atoms with Crippen molar-refractivity contribution in [1.29, 1.82) is 0 Å². The van der Waals surface area contributed by atoms with E-state index in [0.717, 1.165) is 52.5 Å². The van der Waals surface area contributed by atoms with E-state index in [2.05, 4.69) is 45.5 Å². The van der Waals surface area contributed by atoms with Crippen LogP contribution in [0.4, 0.5) is 10.5 Å². The number of para-hydroxylation sites is 1. The maximum absolute atomic E-state index is 12.9. The Balaban J connectivity index is 1.73. The van der Waals surface area contributed by atoms with Crippen LogP contribution in [0.5, 0.6) is 0 Å². The molecule has 0 aliphatic heterocycles. The summed E-state index contributed by atoms with van der Waals surface area (Å²) >= 11 is 3.52. The molecule has 4 heteroatoms. The molecule has 4 rings (SSSR count). The number of hydrogen-bond acceptors (Lipinski definition) is 2. The Kier molecular flexibility index (Phi) is 5.49. The van der Waals surface area contributed by atoms with Gasteiger partial charge in [0.05, 0.1) is 0 Å². The van der Waals surface area contributed by atoms with Crippen LogP contribution in [-0.4, -0.2) is 11.4 Å². The molecule has 1 aliphatic carbocycles. The number of alkyl halides is 1. The first-order valence-electron chi connectivity index (χ1n) is 9.55. The van der Waals surface area contributed by atoms with Gasteiger partial charge in [0.25, 0.3) is 0 Å². The number of unbranched alkanes of at least 4 members (excludes halogenated alkanes) is 1. The molecule has 0 unspecified atom stereocenters. The molecule has 1 amide bonds. The highest BCUT2D eigenvalue weighted by molar-refractivity contribution is 9.09. The lowest BCUT2D eigenvalue weighted by molar-refractivity contribution is 0.0436. The number of ether oxygens (including phenoxy) is 1. The maximum Gasteiger partial charge on any atom is 0.412 e. The molecule has 0 atom stereocenters. The lowest BCUT2D eigenvalue weighted by Crippen LogP contribution is -2.34. The molecule has 0 saturated heterocycles. The van der Waals surface area contributed by atoms with Gasteiger partial charge in [-0.15, -0.1) is 0 Å². The second-order valence-electron chi connectivity index (χ2n) is 6.94. The monoisotopic (exact) mass is 435 g/mol. The zero-order valence-electron chi connectivity index (χ0n) is 15.5. The van der Waals surface area contributed by atoms with Crippen LogP contribution in [0.15, 0.2) is 78.9 Å². The van der Waals surface area contributed by atoms with Crippen molar-refractivity contribution in [3.05, 3.63) is 90.0 Å². The summed E-state index contributed by atoms with van der Waals surface area (Å²) < 4.78 is 6.24. The topological polar surface area (TPSA) is 38.3 Å². The van der Waals surface area contributed by atoms with Crippen molar-refractivity contribution >= 4 is 27.7 Å². The predicted molar refractivity (Wildman–Crippen MR) is 117 cm³/mol. The molecule has 0 spiro atoms. The minimum absolute atomic E-state index is 0.434. The molecule has 0 radical (unpaired) electrons. The smallest absolute Gasteiger partial charge is 0.412 e. The SMILES string of the molecule is O=C(Nc1ccccc1)OC1(CCCCBr)c2ccccc2-c2ccccc21. The van der Waals surface area contributed by atoms with Gasteiger partial charge >= 0.3 is 6.09 Å². The summed E-state index contributed by atoms with van der Waals surface area (Å²) in [4.78, 5) is 12.9. The molecule has 28 heavy (non-hydrogen) atoms. The molecular formula is C24H22BrNO2. The fourth-order valence-electron chi connectivity index (χ4n) is 4.01. The van der Waals surface area contributed by atoms with E-state index in [9.17, 15) is 4.79 Å². The number of benzene rings is 3. The minimum Gasteiger partial charge on any atom is -0.433 e. The van der Waals surface area contributed by atoms with Gasteiger partial charge < -0.3 is 4.74 Å². The lowest BCUT2D eigenvalue weighted by atomic mass is 9.86. The van der Waals surface area contributed by atoms with Crippen LogP contribution in [0.2, 0.25) is 0 Å². The van der Waals surface area contributed by atoms with E-state index in [4.69, 9.17) is 4.74 Å². The van der Waals surface area contributed by atoms with Gasteiger partial charge in [-0.1, -0.05) is 82.7 Å². The maximum atomic E-state index is 12.9. The molecule has 142 valence electrons. The van der Waals surface area contributed by atoms with Crippen LogP contribution in [0.3, 0.4) is 0 Å². The van der Waals surface area contributed by atoms with Gasteiger partial charge in [-0.3, -0.25) is 5.32 Å². The number of halogens is 1. The van der Waals surface area contributed by atoms with Crippen LogP contribution in [0.1, 0.15) is 30.4 Å². The van der Waals surface area contributed by atoms with Crippen molar-refractivity contribution in [1.82, 2.24) is 0 Å². The average Bonchev–Trinajstić information content (AvgIpc) is 3.00. The summed E-state index contributed by atoms with van der Waals surface area (Å²) in [5.74, 6) is 0. The normalized spacial score (nSPS) is 13.5. The number of hydrogen-bond donors (Lipinski definition) is 1. The number of anilines is 1. The zero-order valence-corrected chi connectivity index (χ0v) is 17.1. The third kappa shape index (κ3) is 3.45. The first-order valence-corrected chi connectivity index (χ1v) is 10.7. The van der Waals surface area contributed by atoms with Crippen LogP contribution in [0.25, 0.3) is 11.1 Å². The van der Waals surface area contributed by atoms with E-state index < -0.39 is 11.7 Å². The first-order chi connectivity index (χ1) is 13.7. The summed E-state index contributed by atoms with van der Waals surface area (Å²) in [6.45, 7) is 0. The van der Waals surface area contributed by atoms with Gasteiger partial charge in [0, 0.05) is 22.1 Å². The van der Waals surface area contributed by atoms with E-state index in [1.54, 1.807) is 0 Å². The van der Waals surface area contributed by atoms with Crippen LogP contribution in [-0.2, 0) is 10.3 Å². The zero-order chi connectivity index (χ0) is 19.4. The predicted octanol–water partition coefficient (Wildman–Crippen LogP) is 6.72. The van der Waals surface area contributed by atoms with Crippen LogP contribution >= 0.6 is 15.9 Å². The van der Waals surface area contributed by atoms with Gasteiger partial charge in [-0.2, -0.15) is 0 Å². The standard InChI is InChI=1S/C24H22BrNO2/c25-17-9-8-16-24(28-23(27)26-18-10-2-1-3-11-18)21-14-6-4-12-19(21)20-13-5-7-15-22(20)24/h1-7,10-15H,8-9,16-17H2,(H,26,27). The third-order valence-electron chi connectivity index (χ3n) is 5.21. The minimum atomic E-state index is -0.770. The van der Waals surface area contributed by atoms with Crippen LogP contribution in [0, 0.1) is 0 Å². The molecule has 3 aromatic carbocycles. The summed E-state index contributed by atoms with van der Waals surface area (Å²) in [6.07, 6.45) is 2.29. The van der Waals surface area contributed by atoms with Gasteiger partial charge in [-0.05, 0) is 42.5 Å². The average molecular weight is 436 g/mol. The van der Waals surface area contributed by atoms with Gasteiger partial charge in [0.15, 0.2) is 5.60 Å². The fourth-order valence-corrected chi connectivity index (χ4v) is 4.40. The second-order valence-corrected chi connectivity index (χ2v) is 7.74. The van der Waals surface area contributed by atoms with Crippen molar-refractivity contribution in [3.8, 4) is 11.1 Å². The number of amides is 1. The fraction of sp³-hybridized carbons (Fsp3) is 0.208. The third-order valence-corrected chi connectivity index (χ3v) is 5.77. The van der Waals surface area contributed by atoms with E-state index in [1.165, 1.54) is 0 Å². The molecule has 0 heterocycles. The molecule has 3 aromatic rings. The Morgan fingerprint density at radius 2 is 1.39 bits per heavy atom. The molecule has 1 aliphatic rings. The Morgan fingerprint density at radius 1 is 0.821 bits per heavy atom. The van der Waals surface area contributed by atoms with Crippen molar-refractivity contribution in [2.24, 2.45) is 0 Å². The number of carbonyl (C=O) groups excluding carboxylic acids is 1. The summed E-state index contributed by atoms with van der Waals surface area (Å²) in [5, 5.41) is 3.81. The highest BCUT2D eigenvalue weighted by Crippen LogP contribution is 2.52. The van der Waals surface area contributed by atoms with Gasteiger partial charge in [0.2, 0.25) is 0 Å². The van der Waals surface area contributed by atoms with Crippen LogP contribution < -0.4 is 5.32 Å². The van der Waals surface area contributed by atoms with E-state index in [-0.39, 0.29) is 0 Å². The Labute approximate surface area is 173 Å². The first kappa shape index (κ1) is 18.8. The van der Waals surface area contributed by atoms with Crippen molar-refractivity contribution < 1.29 is 9.53 Å². The molecule has 0 saturated carbocycles. The molecule has 1 N–H and O–H groups in total.